The van der Waals surface area contributed by atoms with Crippen molar-refractivity contribution in [1.82, 2.24) is 14.8 Å². The summed E-state index contributed by atoms with van der Waals surface area (Å²) in [4.78, 5) is 12.5. The van der Waals surface area contributed by atoms with Gasteiger partial charge in [0.15, 0.2) is 11.5 Å². The van der Waals surface area contributed by atoms with Crippen LogP contribution in [0.3, 0.4) is 0 Å². The molecule has 1 aliphatic heterocycles. The van der Waals surface area contributed by atoms with Crippen LogP contribution in [0.4, 0.5) is 5.95 Å². The third-order valence-electron chi connectivity index (χ3n) is 4.22. The van der Waals surface area contributed by atoms with Gasteiger partial charge >= 0.3 is 5.97 Å². The number of carbonyl (C=O) groups excluding carboxylic acids is 1. The maximum Gasteiger partial charge on any atom is 0.337 e. The highest BCUT2D eigenvalue weighted by Crippen LogP contribution is 2.42. The number of ether oxygens (including phenoxy) is 3. The first kappa shape index (κ1) is 19.0. The van der Waals surface area contributed by atoms with Crippen molar-refractivity contribution < 1.29 is 19.0 Å². The number of anilines is 1. The minimum Gasteiger partial charge on any atom is -0.490 e. The molecule has 1 aromatic carbocycles. The van der Waals surface area contributed by atoms with E-state index in [1.54, 1.807) is 16.7 Å². The molecule has 1 aromatic heterocycles. The van der Waals surface area contributed by atoms with Crippen LogP contribution in [-0.4, -0.2) is 41.1 Å². The van der Waals surface area contributed by atoms with Gasteiger partial charge in [-0.3, -0.25) is 4.57 Å². The van der Waals surface area contributed by atoms with Crippen LogP contribution in [0.25, 0.3) is 5.70 Å². The fraction of sp³-hybridized carbons (Fsp3) is 0.389. The zero-order valence-corrected chi connectivity index (χ0v) is 16.3. The number of halogens is 1. The van der Waals surface area contributed by atoms with Gasteiger partial charge in [-0.05, 0) is 38.5 Å². The first-order valence-electron chi connectivity index (χ1n) is 8.56. The standard InChI is InChI=1S/C18H21ClN4O4/c1-5-26-13-8-11(7-12(19)16(13)27-6-2)15-14(17(24)25-4)10(3)23-9-20-22-18(23)21-15/h7-9,15H,5-6H2,1-4H3,(H,21,22)/t15-/m1/s1. The van der Waals surface area contributed by atoms with Gasteiger partial charge in [-0.25, -0.2) is 4.79 Å². The average Bonchev–Trinajstić information content (AvgIpc) is 3.13. The summed E-state index contributed by atoms with van der Waals surface area (Å²) in [7, 11) is 1.35. The van der Waals surface area contributed by atoms with Crippen LogP contribution in [0.15, 0.2) is 24.0 Å². The van der Waals surface area contributed by atoms with Gasteiger partial charge in [-0.2, -0.15) is 0 Å². The molecule has 0 fully saturated rings. The van der Waals surface area contributed by atoms with E-state index in [0.29, 0.717) is 47.0 Å². The molecule has 9 heteroatoms. The lowest BCUT2D eigenvalue weighted by molar-refractivity contribution is -0.136. The number of nitrogens with zero attached hydrogens (tertiary/aromatic N) is 3. The van der Waals surface area contributed by atoms with Crippen molar-refractivity contribution in [2.75, 3.05) is 25.6 Å². The van der Waals surface area contributed by atoms with Crippen molar-refractivity contribution in [2.45, 2.75) is 26.8 Å². The number of methoxy groups -OCH3 is 1. The fourth-order valence-corrected chi connectivity index (χ4v) is 3.32. The molecule has 0 saturated heterocycles. The van der Waals surface area contributed by atoms with E-state index in [4.69, 9.17) is 25.8 Å². The summed E-state index contributed by atoms with van der Waals surface area (Å²) in [5.74, 6) is 1.06. The molecule has 0 radical (unpaired) electrons. The van der Waals surface area contributed by atoms with E-state index in [2.05, 4.69) is 15.5 Å². The second-order valence-electron chi connectivity index (χ2n) is 5.79. The molecule has 2 aromatic rings. The van der Waals surface area contributed by atoms with Gasteiger partial charge in [0, 0.05) is 5.70 Å². The second kappa shape index (κ2) is 7.87. The van der Waals surface area contributed by atoms with Crippen LogP contribution in [0.1, 0.15) is 32.4 Å². The lowest BCUT2D eigenvalue weighted by Gasteiger charge is -2.29. The van der Waals surface area contributed by atoms with Gasteiger partial charge < -0.3 is 19.5 Å². The molecule has 1 aliphatic rings. The summed E-state index contributed by atoms with van der Waals surface area (Å²) >= 11 is 6.45. The molecule has 0 bridgehead atoms. The Hall–Kier alpha value is -2.74. The molecule has 0 spiro atoms. The number of hydrogen-bond acceptors (Lipinski definition) is 7. The predicted molar refractivity (Wildman–Crippen MR) is 101 cm³/mol. The number of fused-ring (bicyclic) bond motifs is 1. The Morgan fingerprint density at radius 3 is 2.70 bits per heavy atom. The molecular weight excluding hydrogens is 372 g/mol. The first-order chi connectivity index (χ1) is 13.0. The first-order valence-corrected chi connectivity index (χ1v) is 8.94. The van der Waals surface area contributed by atoms with Crippen molar-refractivity contribution in [3.63, 3.8) is 0 Å². The quantitative estimate of drug-likeness (QED) is 0.754. The Balaban J connectivity index is 2.14. The van der Waals surface area contributed by atoms with Crippen LogP contribution in [0.5, 0.6) is 11.5 Å². The molecule has 8 nitrogen and oxygen atoms in total. The molecule has 2 heterocycles. The maximum absolute atomic E-state index is 12.5. The average molecular weight is 393 g/mol. The zero-order valence-electron chi connectivity index (χ0n) is 15.6. The van der Waals surface area contributed by atoms with Gasteiger partial charge in [-0.15, -0.1) is 10.2 Å². The molecule has 0 saturated carbocycles. The second-order valence-corrected chi connectivity index (χ2v) is 6.20. The zero-order chi connectivity index (χ0) is 19.6. The summed E-state index contributed by atoms with van der Waals surface area (Å²) in [5.41, 5.74) is 1.84. The van der Waals surface area contributed by atoms with Gasteiger partial charge in [0.1, 0.15) is 6.33 Å². The molecule has 3 rings (SSSR count). The molecule has 1 atom stereocenters. The molecule has 27 heavy (non-hydrogen) atoms. The van der Waals surface area contributed by atoms with Crippen LogP contribution < -0.4 is 14.8 Å². The van der Waals surface area contributed by atoms with E-state index in [1.165, 1.54) is 13.4 Å². The summed E-state index contributed by atoms with van der Waals surface area (Å²) in [5, 5.41) is 11.6. The van der Waals surface area contributed by atoms with Crippen molar-refractivity contribution in [2.24, 2.45) is 0 Å². The molecule has 1 N–H and O–H groups in total. The SMILES string of the molecule is CCOc1cc([C@H]2Nc3nncn3C(C)=C2C(=O)OC)cc(Cl)c1OCC. The number of hydrogen-bond donors (Lipinski definition) is 1. The number of aromatic nitrogens is 3. The number of nitrogens with one attached hydrogen (secondary N) is 1. The van der Waals surface area contributed by atoms with E-state index in [0.717, 1.165) is 5.56 Å². The Bertz CT molecular complexity index is 893. The largest absolute Gasteiger partial charge is 0.490 e. The van der Waals surface area contributed by atoms with Gasteiger partial charge in [-0.1, -0.05) is 11.6 Å². The Morgan fingerprint density at radius 1 is 1.30 bits per heavy atom. The van der Waals surface area contributed by atoms with E-state index >= 15 is 0 Å². The number of esters is 1. The van der Waals surface area contributed by atoms with E-state index in [9.17, 15) is 4.79 Å². The molecular formula is C18H21ClN4O4. The van der Waals surface area contributed by atoms with Crippen molar-refractivity contribution in [1.29, 1.82) is 0 Å². The van der Waals surface area contributed by atoms with Crippen LogP contribution in [0, 0.1) is 0 Å². The van der Waals surface area contributed by atoms with Gasteiger partial charge in [0.25, 0.3) is 0 Å². The highest BCUT2D eigenvalue weighted by molar-refractivity contribution is 6.32. The van der Waals surface area contributed by atoms with Crippen molar-refractivity contribution in [3.05, 3.63) is 34.6 Å². The highest BCUT2D eigenvalue weighted by atomic mass is 35.5. The Morgan fingerprint density at radius 2 is 2.04 bits per heavy atom. The fourth-order valence-electron chi connectivity index (χ4n) is 3.05. The monoisotopic (exact) mass is 392 g/mol. The van der Waals surface area contributed by atoms with E-state index in [1.807, 2.05) is 20.8 Å². The number of allylic oxidation sites excluding steroid dienone is 1. The van der Waals surface area contributed by atoms with E-state index in [-0.39, 0.29) is 0 Å². The van der Waals surface area contributed by atoms with Crippen molar-refractivity contribution in [3.8, 4) is 11.5 Å². The molecule has 0 unspecified atom stereocenters. The maximum atomic E-state index is 12.5. The Labute approximate surface area is 162 Å². The lowest BCUT2D eigenvalue weighted by atomic mass is 9.95. The highest BCUT2D eigenvalue weighted by Gasteiger charge is 2.33. The minimum atomic E-state index is -0.526. The van der Waals surface area contributed by atoms with E-state index < -0.39 is 12.0 Å². The van der Waals surface area contributed by atoms with Gasteiger partial charge in [0.2, 0.25) is 5.95 Å². The molecule has 0 amide bonds. The molecule has 144 valence electrons. The number of carbonyl (C=O) groups is 1. The third kappa shape index (κ3) is 3.44. The van der Waals surface area contributed by atoms with Crippen LogP contribution in [-0.2, 0) is 9.53 Å². The Kier molecular flexibility index (Phi) is 5.55. The normalized spacial score (nSPS) is 15.8. The van der Waals surface area contributed by atoms with Crippen molar-refractivity contribution >= 4 is 29.2 Å². The van der Waals surface area contributed by atoms with Crippen LogP contribution in [0.2, 0.25) is 5.02 Å². The topological polar surface area (TPSA) is 87.5 Å². The minimum absolute atomic E-state index is 0.397. The lowest BCUT2D eigenvalue weighted by Crippen LogP contribution is -2.27. The molecule has 0 aliphatic carbocycles. The van der Waals surface area contributed by atoms with Gasteiger partial charge in [0.05, 0.1) is 37.0 Å². The number of benzene rings is 1. The van der Waals surface area contributed by atoms with Crippen LogP contribution >= 0.6 is 11.6 Å². The third-order valence-corrected chi connectivity index (χ3v) is 4.50. The smallest absolute Gasteiger partial charge is 0.337 e. The summed E-state index contributed by atoms with van der Waals surface area (Å²) < 4.78 is 18.0. The predicted octanol–water partition coefficient (Wildman–Crippen LogP) is 3.30. The number of rotatable bonds is 6. The summed E-state index contributed by atoms with van der Waals surface area (Å²) in [6.07, 6.45) is 1.54. The summed E-state index contributed by atoms with van der Waals surface area (Å²) in [6, 6.07) is 3.02. The summed E-state index contributed by atoms with van der Waals surface area (Å²) in [6.45, 7) is 6.46.